The first-order valence-electron chi connectivity index (χ1n) is 9.77. The lowest BCUT2D eigenvalue weighted by Gasteiger charge is -2.31. The number of esters is 1. The first-order chi connectivity index (χ1) is 14.0. The predicted molar refractivity (Wildman–Crippen MR) is 115 cm³/mol. The zero-order valence-corrected chi connectivity index (χ0v) is 18.3. The summed E-state index contributed by atoms with van der Waals surface area (Å²) in [4.78, 5) is 12.8. The second kappa shape index (κ2) is 11.6. The second-order valence-corrected chi connectivity index (χ2v) is 7.04. The number of para-hydroxylation sites is 1. The fourth-order valence-electron chi connectivity index (χ4n) is 3.09. The Morgan fingerprint density at radius 1 is 1.17 bits per heavy atom. The number of nitrogens with one attached hydrogen (secondary N) is 2. The Hall–Kier alpha value is -2.32. The monoisotopic (exact) mass is 422 g/mol. The van der Waals surface area contributed by atoms with Crippen molar-refractivity contribution < 1.29 is 23.7 Å². The van der Waals surface area contributed by atoms with Crippen LogP contribution in [0.3, 0.4) is 0 Å². The van der Waals surface area contributed by atoms with Gasteiger partial charge in [-0.15, -0.1) is 0 Å². The summed E-state index contributed by atoms with van der Waals surface area (Å²) in [6, 6.07) is 5.09. The van der Waals surface area contributed by atoms with E-state index in [1.54, 1.807) is 21.1 Å². The minimum atomic E-state index is -0.518. The van der Waals surface area contributed by atoms with Gasteiger partial charge >= 0.3 is 5.97 Å². The molecule has 160 valence electrons. The molecule has 1 aliphatic heterocycles. The smallest absolute Gasteiger partial charge is 0.338 e. The molecule has 1 heterocycles. The molecule has 0 aliphatic carbocycles. The summed E-state index contributed by atoms with van der Waals surface area (Å²) in [6.07, 6.45) is 3.12. The fourth-order valence-corrected chi connectivity index (χ4v) is 3.37. The minimum Gasteiger partial charge on any atom is -0.493 e. The average Bonchev–Trinajstić information content (AvgIpc) is 2.70. The van der Waals surface area contributed by atoms with E-state index in [0.717, 1.165) is 24.8 Å². The maximum atomic E-state index is 12.8. The molecule has 0 aromatic heterocycles. The third-order valence-corrected chi connectivity index (χ3v) is 4.76. The van der Waals surface area contributed by atoms with Crippen molar-refractivity contribution in [1.82, 2.24) is 10.6 Å². The van der Waals surface area contributed by atoms with Gasteiger partial charge in [0.15, 0.2) is 16.6 Å². The van der Waals surface area contributed by atoms with Gasteiger partial charge < -0.3 is 29.6 Å². The van der Waals surface area contributed by atoms with E-state index in [0.29, 0.717) is 41.1 Å². The van der Waals surface area contributed by atoms with Gasteiger partial charge in [-0.25, -0.2) is 4.79 Å². The SMILES string of the molecule is CCCCCOc1c(OC)cccc1C1NC(=S)NC(C)=C1C(=O)OCCOC. The highest BCUT2D eigenvalue weighted by Crippen LogP contribution is 2.39. The molecule has 0 bridgehead atoms. The van der Waals surface area contributed by atoms with Gasteiger partial charge in [0.25, 0.3) is 0 Å². The van der Waals surface area contributed by atoms with Crippen LogP contribution in [0.5, 0.6) is 11.5 Å². The van der Waals surface area contributed by atoms with Crippen LogP contribution in [0.25, 0.3) is 0 Å². The highest BCUT2D eigenvalue weighted by atomic mass is 32.1. The van der Waals surface area contributed by atoms with E-state index in [1.165, 1.54) is 0 Å². The van der Waals surface area contributed by atoms with Crippen molar-refractivity contribution >= 4 is 23.3 Å². The molecule has 0 fully saturated rings. The third-order valence-electron chi connectivity index (χ3n) is 4.54. The fraction of sp³-hybridized carbons (Fsp3) is 0.524. The van der Waals surface area contributed by atoms with Crippen LogP contribution in [0, 0.1) is 0 Å². The van der Waals surface area contributed by atoms with Crippen LogP contribution >= 0.6 is 12.2 Å². The topological polar surface area (TPSA) is 78.1 Å². The highest BCUT2D eigenvalue weighted by molar-refractivity contribution is 7.80. The summed E-state index contributed by atoms with van der Waals surface area (Å²) >= 11 is 5.33. The Labute approximate surface area is 177 Å². The second-order valence-electron chi connectivity index (χ2n) is 6.63. The van der Waals surface area contributed by atoms with Crippen LogP contribution in [0.4, 0.5) is 0 Å². The van der Waals surface area contributed by atoms with Crippen LogP contribution < -0.4 is 20.1 Å². The van der Waals surface area contributed by atoms with Crippen molar-refractivity contribution in [2.75, 3.05) is 34.0 Å². The molecule has 0 saturated carbocycles. The van der Waals surface area contributed by atoms with Crippen LogP contribution in [-0.2, 0) is 14.3 Å². The van der Waals surface area contributed by atoms with E-state index < -0.39 is 12.0 Å². The molecule has 7 nitrogen and oxygen atoms in total. The van der Waals surface area contributed by atoms with Crippen molar-refractivity contribution in [2.45, 2.75) is 39.2 Å². The number of rotatable bonds is 11. The van der Waals surface area contributed by atoms with Gasteiger partial charge in [-0.05, 0) is 31.6 Å². The van der Waals surface area contributed by atoms with E-state index in [1.807, 2.05) is 18.2 Å². The molecule has 2 N–H and O–H groups in total. The number of unbranched alkanes of at least 4 members (excludes halogenated alkanes) is 2. The molecule has 1 aromatic carbocycles. The van der Waals surface area contributed by atoms with Crippen molar-refractivity contribution in [1.29, 1.82) is 0 Å². The molecule has 29 heavy (non-hydrogen) atoms. The number of ether oxygens (including phenoxy) is 4. The summed E-state index contributed by atoms with van der Waals surface area (Å²) in [6.45, 7) is 5.00. The van der Waals surface area contributed by atoms with E-state index in [9.17, 15) is 4.79 Å². The van der Waals surface area contributed by atoms with Gasteiger partial charge in [-0.3, -0.25) is 0 Å². The zero-order valence-electron chi connectivity index (χ0n) is 17.5. The lowest BCUT2D eigenvalue weighted by atomic mass is 9.94. The number of carbonyl (C=O) groups is 1. The molecule has 1 unspecified atom stereocenters. The van der Waals surface area contributed by atoms with Gasteiger partial charge in [-0.1, -0.05) is 31.9 Å². The first kappa shape index (κ1) is 23.0. The zero-order chi connectivity index (χ0) is 21.2. The maximum Gasteiger partial charge on any atom is 0.338 e. The standard InChI is InChI=1S/C21H30N2O5S/c1-5-6-7-11-27-19-15(9-8-10-16(19)26-4)18-17(14(2)22-21(29)23-18)20(24)28-13-12-25-3/h8-10,18H,5-7,11-13H2,1-4H3,(H2,22,23,29). The van der Waals surface area contributed by atoms with Gasteiger partial charge in [0, 0.05) is 18.4 Å². The van der Waals surface area contributed by atoms with Crippen molar-refractivity contribution in [3.63, 3.8) is 0 Å². The maximum absolute atomic E-state index is 12.8. The van der Waals surface area contributed by atoms with Gasteiger partial charge in [0.05, 0.1) is 31.9 Å². The molecular formula is C21H30N2O5S. The Bertz CT molecular complexity index is 751. The highest BCUT2D eigenvalue weighted by Gasteiger charge is 2.33. The molecule has 0 radical (unpaired) electrons. The van der Waals surface area contributed by atoms with Crippen molar-refractivity contribution in [2.24, 2.45) is 0 Å². The minimum absolute atomic E-state index is 0.168. The van der Waals surface area contributed by atoms with E-state index in [2.05, 4.69) is 17.6 Å². The molecule has 0 saturated heterocycles. The molecule has 1 atom stereocenters. The number of thiocarbonyl (C=S) groups is 1. The van der Waals surface area contributed by atoms with E-state index in [4.69, 9.17) is 31.2 Å². The number of hydrogen-bond donors (Lipinski definition) is 2. The summed E-state index contributed by atoms with van der Waals surface area (Å²) in [5.74, 6) is 0.769. The number of methoxy groups -OCH3 is 2. The largest absolute Gasteiger partial charge is 0.493 e. The molecule has 0 spiro atoms. The molecule has 2 rings (SSSR count). The van der Waals surface area contributed by atoms with Gasteiger partial charge in [0.2, 0.25) is 0 Å². The Balaban J connectivity index is 2.39. The quantitative estimate of drug-likeness (QED) is 0.320. The first-order valence-corrected chi connectivity index (χ1v) is 10.2. The van der Waals surface area contributed by atoms with E-state index >= 15 is 0 Å². The van der Waals surface area contributed by atoms with E-state index in [-0.39, 0.29) is 6.61 Å². The van der Waals surface area contributed by atoms with Crippen molar-refractivity contribution in [3.05, 3.63) is 35.0 Å². The Morgan fingerprint density at radius 3 is 2.66 bits per heavy atom. The third kappa shape index (κ3) is 6.08. The average molecular weight is 423 g/mol. The number of carbonyl (C=O) groups excluding carboxylic acids is 1. The van der Waals surface area contributed by atoms with Gasteiger partial charge in [0.1, 0.15) is 6.61 Å². The summed E-state index contributed by atoms with van der Waals surface area (Å²) in [5.41, 5.74) is 1.85. The summed E-state index contributed by atoms with van der Waals surface area (Å²) in [5, 5.41) is 6.61. The Kier molecular flexibility index (Phi) is 9.21. The molecule has 0 amide bonds. The molecule has 1 aromatic rings. The number of hydrogen-bond acceptors (Lipinski definition) is 6. The number of allylic oxidation sites excluding steroid dienone is 1. The lowest BCUT2D eigenvalue weighted by molar-refractivity contribution is -0.140. The summed E-state index contributed by atoms with van der Waals surface area (Å²) in [7, 11) is 3.15. The van der Waals surface area contributed by atoms with Crippen LogP contribution in [0.2, 0.25) is 0 Å². The van der Waals surface area contributed by atoms with Crippen LogP contribution in [-0.4, -0.2) is 45.1 Å². The van der Waals surface area contributed by atoms with Crippen molar-refractivity contribution in [3.8, 4) is 11.5 Å². The van der Waals surface area contributed by atoms with Gasteiger partial charge in [-0.2, -0.15) is 0 Å². The molecule has 1 aliphatic rings. The molecule has 8 heteroatoms. The normalized spacial score (nSPS) is 16.1. The van der Waals surface area contributed by atoms with Crippen LogP contribution in [0.1, 0.15) is 44.7 Å². The van der Waals surface area contributed by atoms with Crippen LogP contribution in [0.15, 0.2) is 29.5 Å². The predicted octanol–water partition coefficient (Wildman–Crippen LogP) is 3.25. The summed E-state index contributed by atoms with van der Waals surface area (Å²) < 4.78 is 21.9. The lowest BCUT2D eigenvalue weighted by Crippen LogP contribution is -2.45. The Morgan fingerprint density at radius 2 is 1.97 bits per heavy atom. The number of benzene rings is 1. The molecular weight excluding hydrogens is 392 g/mol.